The van der Waals surface area contributed by atoms with E-state index in [0.717, 1.165) is 36.5 Å². The quantitative estimate of drug-likeness (QED) is 0.403. The van der Waals surface area contributed by atoms with Crippen molar-refractivity contribution in [2.45, 2.75) is 57.7 Å². The minimum absolute atomic E-state index is 0.0514. The number of anilines is 1. The van der Waals surface area contributed by atoms with Gasteiger partial charge in [-0.05, 0) is 49.4 Å². The highest BCUT2D eigenvalue weighted by Gasteiger charge is 2.35. The standard InChI is InChI=1S/C29H29Cl2N3O3/c1-18(28(36)32-20-10-3-2-4-11-20)33(16-22-23(30)13-7-14-24(22)31)26(35)17-34-25-15-6-9-19-8-5-12-21(27(19)25)29(34)37/h5-9,12-15,18,20H,2-4,10-11,16-17H2,1H3,(H,32,36). The fraction of sp³-hybridized carbons (Fsp3) is 0.345. The van der Waals surface area contributed by atoms with Crippen LogP contribution in [-0.4, -0.2) is 41.2 Å². The van der Waals surface area contributed by atoms with Gasteiger partial charge in [0.15, 0.2) is 0 Å². The maximum Gasteiger partial charge on any atom is 0.259 e. The average Bonchev–Trinajstić information content (AvgIpc) is 3.16. The van der Waals surface area contributed by atoms with Crippen LogP contribution in [0.3, 0.4) is 0 Å². The molecule has 1 atom stereocenters. The van der Waals surface area contributed by atoms with Crippen molar-refractivity contribution in [1.29, 1.82) is 0 Å². The zero-order chi connectivity index (χ0) is 26.1. The molecule has 1 aliphatic carbocycles. The molecule has 0 saturated heterocycles. The molecule has 6 nitrogen and oxygen atoms in total. The largest absolute Gasteiger partial charge is 0.352 e. The van der Waals surface area contributed by atoms with E-state index in [9.17, 15) is 14.4 Å². The molecule has 8 heteroatoms. The second kappa shape index (κ2) is 10.7. The fourth-order valence-electron chi connectivity index (χ4n) is 5.37. The lowest BCUT2D eigenvalue weighted by atomic mass is 9.95. The predicted octanol–water partition coefficient (Wildman–Crippen LogP) is 5.97. The molecule has 1 heterocycles. The van der Waals surface area contributed by atoms with E-state index < -0.39 is 6.04 Å². The Balaban J connectivity index is 1.42. The van der Waals surface area contributed by atoms with Crippen LogP contribution in [0.15, 0.2) is 54.6 Å². The van der Waals surface area contributed by atoms with Gasteiger partial charge < -0.3 is 10.2 Å². The number of benzene rings is 3. The second-order valence-corrected chi connectivity index (χ2v) is 10.6. The van der Waals surface area contributed by atoms with Gasteiger partial charge in [-0.3, -0.25) is 19.3 Å². The Hall–Kier alpha value is -3.09. The van der Waals surface area contributed by atoms with Crippen LogP contribution in [0.25, 0.3) is 10.8 Å². The number of amides is 3. The van der Waals surface area contributed by atoms with Gasteiger partial charge in [-0.2, -0.15) is 0 Å². The van der Waals surface area contributed by atoms with Crippen LogP contribution in [0, 0.1) is 0 Å². The van der Waals surface area contributed by atoms with E-state index in [1.54, 1.807) is 31.2 Å². The van der Waals surface area contributed by atoms with Crippen molar-refractivity contribution in [3.8, 4) is 0 Å². The minimum atomic E-state index is -0.780. The lowest BCUT2D eigenvalue weighted by Gasteiger charge is -2.32. The van der Waals surface area contributed by atoms with E-state index in [0.29, 0.717) is 26.9 Å². The fourth-order valence-corrected chi connectivity index (χ4v) is 5.88. The molecule has 1 saturated carbocycles. The summed E-state index contributed by atoms with van der Waals surface area (Å²) in [6, 6.07) is 15.7. The van der Waals surface area contributed by atoms with Crippen LogP contribution >= 0.6 is 23.2 Å². The number of nitrogens with zero attached hydrogens (tertiary/aromatic N) is 2. The Morgan fingerprint density at radius 3 is 2.35 bits per heavy atom. The number of carbonyl (C=O) groups excluding carboxylic acids is 3. The van der Waals surface area contributed by atoms with Gasteiger partial charge in [-0.1, -0.05) is 72.8 Å². The van der Waals surface area contributed by atoms with Gasteiger partial charge in [0.2, 0.25) is 11.8 Å². The maximum absolute atomic E-state index is 13.8. The second-order valence-electron chi connectivity index (χ2n) is 9.81. The molecule has 0 aromatic heterocycles. The molecule has 1 unspecified atom stereocenters. The van der Waals surface area contributed by atoms with Gasteiger partial charge in [-0.15, -0.1) is 0 Å². The first-order valence-electron chi connectivity index (χ1n) is 12.7. The molecule has 3 amide bonds. The Kier molecular flexibility index (Phi) is 7.40. The lowest BCUT2D eigenvalue weighted by Crippen LogP contribution is -2.52. The molecule has 37 heavy (non-hydrogen) atoms. The van der Waals surface area contributed by atoms with Gasteiger partial charge in [0.05, 0.1) is 5.69 Å². The summed E-state index contributed by atoms with van der Waals surface area (Å²) in [4.78, 5) is 43.4. The van der Waals surface area contributed by atoms with E-state index in [1.165, 1.54) is 16.2 Å². The number of hydrogen-bond acceptors (Lipinski definition) is 3. The number of hydrogen-bond donors (Lipinski definition) is 1. The monoisotopic (exact) mass is 537 g/mol. The first-order valence-corrected chi connectivity index (χ1v) is 13.5. The third kappa shape index (κ3) is 5.05. The molecule has 1 aliphatic heterocycles. The first kappa shape index (κ1) is 25.6. The van der Waals surface area contributed by atoms with Crippen LogP contribution in [-0.2, 0) is 16.1 Å². The highest BCUT2D eigenvalue weighted by atomic mass is 35.5. The van der Waals surface area contributed by atoms with Gasteiger partial charge in [-0.25, -0.2) is 0 Å². The maximum atomic E-state index is 13.8. The van der Waals surface area contributed by atoms with Crippen LogP contribution in [0.5, 0.6) is 0 Å². The van der Waals surface area contributed by atoms with E-state index >= 15 is 0 Å². The van der Waals surface area contributed by atoms with Crippen molar-refractivity contribution in [2.24, 2.45) is 0 Å². The van der Waals surface area contributed by atoms with Gasteiger partial charge in [0, 0.05) is 39.1 Å². The Morgan fingerprint density at radius 1 is 1.00 bits per heavy atom. The normalized spacial score (nSPS) is 16.2. The summed E-state index contributed by atoms with van der Waals surface area (Å²) in [5.74, 6) is -0.808. The SMILES string of the molecule is CC(C(=O)NC1CCCCC1)N(Cc1c(Cl)cccc1Cl)C(=O)CN1C(=O)c2cccc3cccc1c23. The summed E-state index contributed by atoms with van der Waals surface area (Å²) in [6.45, 7) is 1.56. The van der Waals surface area contributed by atoms with Crippen LogP contribution in [0.2, 0.25) is 10.0 Å². The zero-order valence-electron chi connectivity index (χ0n) is 20.7. The van der Waals surface area contributed by atoms with Crippen LogP contribution in [0.1, 0.15) is 54.9 Å². The summed E-state index contributed by atoms with van der Waals surface area (Å²) in [6.07, 6.45) is 5.22. The molecule has 2 aliphatic rings. The Bertz CT molecular complexity index is 1340. The van der Waals surface area contributed by atoms with E-state index in [1.807, 2.05) is 30.3 Å². The first-order chi connectivity index (χ1) is 17.8. The highest BCUT2D eigenvalue weighted by Crippen LogP contribution is 2.37. The predicted molar refractivity (Wildman–Crippen MR) is 147 cm³/mol. The molecular weight excluding hydrogens is 509 g/mol. The average molecular weight is 538 g/mol. The van der Waals surface area contributed by atoms with Crippen molar-refractivity contribution in [2.75, 3.05) is 11.4 Å². The van der Waals surface area contributed by atoms with Crippen molar-refractivity contribution >= 4 is 57.4 Å². The molecule has 0 spiro atoms. The molecule has 5 rings (SSSR count). The van der Waals surface area contributed by atoms with Crippen molar-refractivity contribution in [3.63, 3.8) is 0 Å². The van der Waals surface area contributed by atoms with Crippen molar-refractivity contribution in [3.05, 3.63) is 75.8 Å². The topological polar surface area (TPSA) is 69.7 Å². The third-order valence-electron chi connectivity index (χ3n) is 7.45. The smallest absolute Gasteiger partial charge is 0.259 e. The van der Waals surface area contributed by atoms with Crippen molar-refractivity contribution in [1.82, 2.24) is 10.2 Å². The lowest BCUT2D eigenvalue weighted by molar-refractivity contribution is -0.139. The molecular formula is C29H29Cl2N3O3. The number of nitrogens with one attached hydrogen (secondary N) is 1. The van der Waals surface area contributed by atoms with Gasteiger partial charge in [0.25, 0.3) is 5.91 Å². The number of carbonyl (C=O) groups is 3. The third-order valence-corrected chi connectivity index (χ3v) is 8.16. The van der Waals surface area contributed by atoms with Crippen molar-refractivity contribution < 1.29 is 14.4 Å². The molecule has 3 aromatic rings. The van der Waals surface area contributed by atoms with E-state index in [2.05, 4.69) is 5.32 Å². The van der Waals surface area contributed by atoms with Gasteiger partial charge >= 0.3 is 0 Å². The summed E-state index contributed by atoms with van der Waals surface area (Å²) in [7, 11) is 0. The molecule has 0 bridgehead atoms. The molecule has 3 aromatic carbocycles. The minimum Gasteiger partial charge on any atom is -0.352 e. The summed E-state index contributed by atoms with van der Waals surface area (Å²) in [5.41, 5.74) is 1.83. The van der Waals surface area contributed by atoms with E-state index in [4.69, 9.17) is 23.2 Å². The summed E-state index contributed by atoms with van der Waals surface area (Å²) < 4.78 is 0. The number of halogens is 2. The van der Waals surface area contributed by atoms with Crippen LogP contribution in [0.4, 0.5) is 5.69 Å². The summed E-state index contributed by atoms with van der Waals surface area (Å²) >= 11 is 12.9. The highest BCUT2D eigenvalue weighted by molar-refractivity contribution is 6.36. The Labute approximate surface area is 226 Å². The molecule has 1 N–H and O–H groups in total. The molecule has 1 fully saturated rings. The van der Waals surface area contributed by atoms with Crippen LogP contribution < -0.4 is 10.2 Å². The number of rotatable bonds is 7. The van der Waals surface area contributed by atoms with E-state index in [-0.39, 0.29) is 36.9 Å². The Morgan fingerprint density at radius 2 is 1.65 bits per heavy atom. The van der Waals surface area contributed by atoms with Gasteiger partial charge in [0.1, 0.15) is 12.6 Å². The summed E-state index contributed by atoms with van der Waals surface area (Å²) in [5, 5.41) is 5.74. The zero-order valence-corrected chi connectivity index (χ0v) is 22.2. The molecule has 192 valence electrons. The molecule has 0 radical (unpaired) electrons.